The van der Waals surface area contributed by atoms with E-state index in [1.165, 1.54) is 19.1 Å². The van der Waals surface area contributed by atoms with Crippen molar-refractivity contribution >= 4 is 22.3 Å². The minimum atomic E-state index is -4.92. The first-order valence-electron chi connectivity index (χ1n) is 9.77. The number of alkyl halides is 6. The van der Waals surface area contributed by atoms with E-state index in [-0.39, 0.29) is 17.0 Å². The third-order valence-electron chi connectivity index (χ3n) is 4.83. The molecule has 6 nitrogen and oxygen atoms in total. The Morgan fingerprint density at radius 2 is 1.69 bits per heavy atom. The lowest BCUT2D eigenvalue weighted by molar-refractivity contribution is -0.142. The van der Waals surface area contributed by atoms with E-state index >= 15 is 0 Å². The van der Waals surface area contributed by atoms with Crippen LogP contribution < -0.4 is 10.1 Å². The Morgan fingerprint density at radius 1 is 1.00 bits per heavy atom. The highest BCUT2D eigenvalue weighted by Crippen LogP contribution is 2.37. The Balaban J connectivity index is 2.06. The van der Waals surface area contributed by atoms with Crippen molar-refractivity contribution < 1.29 is 35.9 Å². The third kappa shape index (κ3) is 5.96. The third-order valence-corrected chi connectivity index (χ3v) is 5.80. The highest BCUT2D eigenvalue weighted by molar-refractivity contribution is 7.85. The Morgan fingerprint density at radius 3 is 2.26 bits per heavy atom. The molecule has 2 aromatic carbocycles. The minimum Gasteiger partial charge on any atom is -0.437 e. The van der Waals surface area contributed by atoms with Gasteiger partial charge in [0.05, 0.1) is 5.56 Å². The molecule has 1 heterocycles. The van der Waals surface area contributed by atoms with Gasteiger partial charge >= 0.3 is 12.4 Å². The molecule has 1 amide bonds. The van der Waals surface area contributed by atoms with E-state index in [0.717, 1.165) is 25.1 Å². The topological polar surface area (TPSA) is 88.0 Å². The average Bonchev–Trinajstić information content (AvgIpc) is 2.73. The van der Waals surface area contributed by atoms with Crippen molar-refractivity contribution in [3.05, 3.63) is 70.4 Å². The first-order valence-corrected chi connectivity index (χ1v) is 11.4. The zero-order valence-electron chi connectivity index (χ0n) is 18.4. The molecule has 3 rings (SSSR count). The molecule has 3 aromatic rings. The molecule has 0 spiro atoms. The summed E-state index contributed by atoms with van der Waals surface area (Å²) < 4.78 is 92.5. The number of aryl methyl sites for hydroxylation is 1. The number of aromatic nitrogens is 2. The molecule has 0 bridgehead atoms. The first kappa shape index (κ1) is 26.1. The molecule has 0 aliphatic heterocycles. The zero-order valence-corrected chi connectivity index (χ0v) is 19.2. The van der Waals surface area contributed by atoms with Gasteiger partial charge in [-0.2, -0.15) is 26.3 Å². The highest BCUT2D eigenvalue weighted by Gasteiger charge is 2.38. The van der Waals surface area contributed by atoms with Gasteiger partial charge in [-0.15, -0.1) is 10.2 Å². The number of carbonyl (C=O) groups is 1. The van der Waals surface area contributed by atoms with Crippen LogP contribution in [0.15, 0.2) is 47.4 Å². The fourth-order valence-electron chi connectivity index (χ4n) is 3.11. The van der Waals surface area contributed by atoms with Gasteiger partial charge in [0, 0.05) is 10.6 Å². The van der Waals surface area contributed by atoms with Crippen LogP contribution in [0.4, 0.5) is 32.0 Å². The van der Waals surface area contributed by atoms with Crippen molar-refractivity contribution in [3.63, 3.8) is 0 Å². The number of hydrogen-bond acceptors (Lipinski definition) is 5. The maximum atomic E-state index is 13.4. The number of hydrogen-bond donors (Lipinski definition) is 2. The first-order chi connectivity index (χ1) is 16.2. The van der Waals surface area contributed by atoms with Crippen molar-refractivity contribution in [2.45, 2.75) is 31.1 Å². The molecule has 0 aliphatic rings. The lowest BCUT2D eigenvalue weighted by Crippen LogP contribution is -2.21. The van der Waals surface area contributed by atoms with Crippen LogP contribution in [-0.4, -0.2) is 22.4 Å². The molecule has 0 saturated carbocycles. The molecule has 0 aliphatic carbocycles. The summed E-state index contributed by atoms with van der Waals surface area (Å²) in [6, 6.07) is 8.75. The van der Waals surface area contributed by atoms with Gasteiger partial charge in [0.25, 0.3) is 11.8 Å². The van der Waals surface area contributed by atoms with Gasteiger partial charge in [-0.25, -0.2) is 0 Å². The molecule has 0 fully saturated rings. The zero-order chi connectivity index (χ0) is 26.1. The number of carbonyl (C=O) groups excluding carboxylic acids is 1. The molecular weight excluding hydrogens is 498 g/mol. The van der Waals surface area contributed by atoms with Gasteiger partial charge in [0.15, 0.2) is 5.69 Å². The molecule has 0 unspecified atom stereocenters. The Hall–Kier alpha value is -3.48. The molecule has 1 atom stereocenters. The van der Waals surface area contributed by atoms with Crippen molar-refractivity contribution in [2.24, 2.45) is 0 Å². The van der Waals surface area contributed by atoms with E-state index in [1.54, 1.807) is 18.4 Å². The van der Waals surface area contributed by atoms with Crippen LogP contribution in [0, 0.1) is 18.6 Å². The molecule has 35 heavy (non-hydrogen) atoms. The van der Waals surface area contributed by atoms with E-state index in [1.807, 2.05) is 0 Å². The summed E-state index contributed by atoms with van der Waals surface area (Å²) in [5, 5.41) is 9.02. The summed E-state index contributed by atoms with van der Waals surface area (Å²) in [6.45, 7) is 2.32. The van der Waals surface area contributed by atoms with Crippen LogP contribution in [0.2, 0.25) is 0 Å². The van der Waals surface area contributed by atoms with Crippen molar-refractivity contribution in [1.82, 2.24) is 10.2 Å². The SMILES string of the molecule is Cc1cc(C(F)(F)F)ccc1Oc1nnc(C(F)(F)F)c(C)c1C(=O)Nc1cccc([S@](C)=N)c1. The second-order valence-corrected chi connectivity index (χ2v) is 8.92. The van der Waals surface area contributed by atoms with E-state index in [0.29, 0.717) is 4.90 Å². The van der Waals surface area contributed by atoms with Gasteiger partial charge in [0.2, 0.25) is 0 Å². The number of ether oxygens (including phenoxy) is 1. The fourth-order valence-corrected chi connectivity index (χ4v) is 3.70. The van der Waals surface area contributed by atoms with Crippen molar-refractivity contribution in [1.29, 1.82) is 4.78 Å². The van der Waals surface area contributed by atoms with Gasteiger partial charge < -0.3 is 10.1 Å². The maximum absolute atomic E-state index is 13.4. The van der Waals surface area contributed by atoms with Crippen molar-refractivity contribution in [2.75, 3.05) is 11.6 Å². The molecule has 13 heteroatoms. The number of amides is 1. The molecule has 186 valence electrons. The molecule has 0 saturated heterocycles. The molecule has 1 aromatic heterocycles. The summed E-state index contributed by atoms with van der Waals surface area (Å²) in [5.74, 6) is -1.75. The fraction of sp³-hybridized carbons (Fsp3) is 0.227. The summed E-state index contributed by atoms with van der Waals surface area (Å²) in [5.41, 5.74) is -3.27. The van der Waals surface area contributed by atoms with Crippen LogP contribution in [-0.2, 0) is 23.0 Å². The van der Waals surface area contributed by atoms with Crippen LogP contribution >= 0.6 is 0 Å². The Labute approximate surface area is 198 Å². The predicted molar refractivity (Wildman–Crippen MR) is 117 cm³/mol. The highest BCUT2D eigenvalue weighted by atomic mass is 32.2. The number of rotatable bonds is 5. The minimum absolute atomic E-state index is 0.0173. The van der Waals surface area contributed by atoms with Gasteiger partial charge in [-0.1, -0.05) is 16.8 Å². The molecule has 2 N–H and O–H groups in total. The summed E-state index contributed by atoms with van der Waals surface area (Å²) in [4.78, 5) is 13.6. The van der Waals surface area contributed by atoms with Crippen molar-refractivity contribution in [3.8, 4) is 11.6 Å². The maximum Gasteiger partial charge on any atom is 0.435 e. The van der Waals surface area contributed by atoms with Crippen LogP contribution in [0.25, 0.3) is 0 Å². The van der Waals surface area contributed by atoms with E-state index < -0.39 is 57.2 Å². The van der Waals surface area contributed by atoms with Gasteiger partial charge in [0.1, 0.15) is 11.3 Å². The number of benzene rings is 2. The number of nitrogens with zero attached hydrogens (tertiary/aromatic N) is 2. The number of anilines is 1. The molecule has 0 radical (unpaired) electrons. The summed E-state index contributed by atoms with van der Waals surface area (Å²) in [7, 11) is -0.888. The van der Waals surface area contributed by atoms with Gasteiger partial charge in [-0.3, -0.25) is 9.57 Å². The van der Waals surface area contributed by atoms with E-state index in [4.69, 9.17) is 9.52 Å². The summed E-state index contributed by atoms with van der Waals surface area (Å²) >= 11 is 0. The lowest BCUT2D eigenvalue weighted by atomic mass is 10.1. The van der Waals surface area contributed by atoms with E-state index in [9.17, 15) is 31.1 Å². The standard InChI is InChI=1S/C22H18F6N4O2S/c1-11-9-13(21(23,24)25)7-8-16(11)34-20-17(12(2)18(31-32-20)22(26,27)28)19(33)30-14-5-4-6-15(10-14)35(3)29/h4-10,29H,1-3H3,(H,30,33)/t35-/m0/s1. The van der Waals surface area contributed by atoms with Gasteiger partial charge in [-0.05, 0) is 67.6 Å². The summed E-state index contributed by atoms with van der Waals surface area (Å²) in [6.07, 6.45) is -7.90. The second kappa shape index (κ2) is 9.64. The molecular formula is C22H18F6N4O2S. The predicted octanol–water partition coefficient (Wildman–Crippen LogP) is 6.55. The Bertz CT molecular complexity index is 1310. The number of halogens is 6. The van der Waals surface area contributed by atoms with E-state index in [2.05, 4.69) is 15.5 Å². The normalized spacial score (nSPS) is 12.8. The monoisotopic (exact) mass is 516 g/mol. The smallest absolute Gasteiger partial charge is 0.435 e. The average molecular weight is 516 g/mol. The number of nitrogens with one attached hydrogen (secondary N) is 2. The second-order valence-electron chi connectivity index (χ2n) is 7.42. The van der Waals surface area contributed by atoms with Crippen LogP contribution in [0.3, 0.4) is 0 Å². The Kier molecular flexibility index (Phi) is 7.20. The van der Waals surface area contributed by atoms with Crippen LogP contribution in [0.1, 0.15) is 32.7 Å². The largest absolute Gasteiger partial charge is 0.437 e. The lowest BCUT2D eigenvalue weighted by Gasteiger charge is -2.17. The van der Waals surface area contributed by atoms with Crippen LogP contribution in [0.5, 0.6) is 11.6 Å². The quantitative estimate of drug-likeness (QED) is 0.377.